The molecular formula is C13H17BrN2O3. The Labute approximate surface area is 120 Å². The first-order chi connectivity index (χ1) is 9.07. The summed E-state index contributed by atoms with van der Waals surface area (Å²) in [6, 6.07) is 4.90. The number of carbonyl (C=O) groups excluding carboxylic acids is 1. The van der Waals surface area contributed by atoms with Crippen molar-refractivity contribution >= 4 is 27.5 Å². The number of halogens is 1. The molecule has 0 unspecified atom stereocenters. The monoisotopic (exact) mass is 328 g/mol. The summed E-state index contributed by atoms with van der Waals surface area (Å²) in [4.78, 5) is 12.4. The van der Waals surface area contributed by atoms with Gasteiger partial charge < -0.3 is 20.5 Å². The van der Waals surface area contributed by atoms with Crippen molar-refractivity contribution in [3.63, 3.8) is 0 Å². The Kier molecular flexibility index (Phi) is 4.44. The lowest BCUT2D eigenvalue weighted by molar-refractivity contribution is -0.140. The Morgan fingerprint density at radius 3 is 2.79 bits per heavy atom. The Bertz CT molecular complexity index is 473. The lowest BCUT2D eigenvalue weighted by Gasteiger charge is -2.34. The van der Waals surface area contributed by atoms with Crippen LogP contribution in [0, 0.1) is 0 Å². The van der Waals surface area contributed by atoms with Crippen LogP contribution >= 0.6 is 15.9 Å². The highest BCUT2D eigenvalue weighted by molar-refractivity contribution is 9.10. The number of nitrogens with one attached hydrogen (secondary N) is 2. The van der Waals surface area contributed by atoms with E-state index < -0.39 is 5.60 Å². The van der Waals surface area contributed by atoms with Gasteiger partial charge in [-0.2, -0.15) is 0 Å². The lowest BCUT2D eigenvalue weighted by atomic mass is 9.91. The van der Waals surface area contributed by atoms with E-state index in [1.807, 2.05) is 0 Å². The fourth-order valence-corrected chi connectivity index (χ4v) is 2.56. The molecule has 6 heteroatoms. The van der Waals surface area contributed by atoms with Crippen molar-refractivity contribution in [3.8, 4) is 5.75 Å². The highest BCUT2D eigenvalue weighted by Crippen LogP contribution is 2.30. The largest absolute Gasteiger partial charge is 0.506 e. The number of carbonyl (C=O) groups is 1. The number of phenolic OH excluding ortho intramolecular Hbond substituents is 1. The van der Waals surface area contributed by atoms with E-state index in [0.717, 1.165) is 17.6 Å². The molecule has 0 radical (unpaired) electrons. The van der Waals surface area contributed by atoms with Gasteiger partial charge in [0.15, 0.2) is 0 Å². The van der Waals surface area contributed by atoms with Crippen LogP contribution in [0.5, 0.6) is 5.75 Å². The summed E-state index contributed by atoms with van der Waals surface area (Å²) in [6.45, 7) is 1.48. The average Bonchev–Trinajstić information content (AvgIpc) is 2.43. The van der Waals surface area contributed by atoms with E-state index in [0.29, 0.717) is 18.5 Å². The number of amides is 1. The number of phenols is 1. The molecule has 5 nitrogen and oxygen atoms in total. The summed E-state index contributed by atoms with van der Waals surface area (Å²) >= 11 is 3.31. The second-order valence-electron chi connectivity index (χ2n) is 4.56. The summed E-state index contributed by atoms with van der Waals surface area (Å²) in [5.74, 6) is -0.179. The van der Waals surface area contributed by atoms with Crippen molar-refractivity contribution < 1.29 is 14.6 Å². The second-order valence-corrected chi connectivity index (χ2v) is 5.48. The van der Waals surface area contributed by atoms with Crippen LogP contribution in [0.2, 0.25) is 0 Å². The number of hydrogen-bond acceptors (Lipinski definition) is 4. The average molecular weight is 329 g/mol. The predicted molar refractivity (Wildman–Crippen MR) is 76.3 cm³/mol. The van der Waals surface area contributed by atoms with Crippen molar-refractivity contribution in [1.29, 1.82) is 0 Å². The normalized spacial score (nSPS) is 18.0. The third-order valence-corrected chi connectivity index (χ3v) is 3.92. The minimum atomic E-state index is -0.819. The Morgan fingerprint density at radius 2 is 2.16 bits per heavy atom. The number of anilines is 1. The van der Waals surface area contributed by atoms with Gasteiger partial charge in [0.2, 0.25) is 0 Å². The van der Waals surface area contributed by atoms with Gasteiger partial charge in [0, 0.05) is 11.6 Å². The summed E-state index contributed by atoms with van der Waals surface area (Å²) in [5, 5.41) is 15.7. The number of rotatable bonds is 3. The van der Waals surface area contributed by atoms with Crippen LogP contribution in [0.25, 0.3) is 0 Å². The van der Waals surface area contributed by atoms with Crippen LogP contribution < -0.4 is 10.6 Å². The van der Waals surface area contributed by atoms with E-state index in [4.69, 9.17) is 4.74 Å². The molecule has 0 aromatic heterocycles. The number of aromatic hydroxyl groups is 1. The maximum atomic E-state index is 12.4. The zero-order chi connectivity index (χ0) is 13.9. The van der Waals surface area contributed by atoms with Gasteiger partial charge in [0.1, 0.15) is 11.4 Å². The van der Waals surface area contributed by atoms with Crippen molar-refractivity contribution in [1.82, 2.24) is 5.32 Å². The molecule has 1 heterocycles. The molecule has 104 valence electrons. The third-order valence-electron chi connectivity index (χ3n) is 3.42. The van der Waals surface area contributed by atoms with Gasteiger partial charge in [-0.1, -0.05) is 15.9 Å². The first-order valence-corrected chi connectivity index (χ1v) is 6.92. The molecule has 2 rings (SSSR count). The zero-order valence-corrected chi connectivity index (χ0v) is 12.3. The molecule has 0 aliphatic carbocycles. The standard InChI is InChI=1S/C13H17BrN2O3/c1-19-13(4-6-15-7-5-13)12(18)16-10-8-9(14)2-3-11(10)17/h2-3,8,15,17H,4-7H2,1H3,(H,16,18). The molecule has 1 aliphatic heterocycles. The number of ether oxygens (including phenoxy) is 1. The molecule has 19 heavy (non-hydrogen) atoms. The molecule has 1 aromatic rings. The molecule has 3 N–H and O–H groups in total. The Hall–Kier alpha value is -1.11. The SMILES string of the molecule is COC1(C(=O)Nc2cc(Br)ccc2O)CCNCC1. The van der Waals surface area contributed by atoms with Gasteiger partial charge >= 0.3 is 0 Å². The third kappa shape index (κ3) is 3.08. The maximum absolute atomic E-state index is 12.4. The zero-order valence-electron chi connectivity index (χ0n) is 10.7. The molecule has 1 fully saturated rings. The Balaban J connectivity index is 2.17. The lowest BCUT2D eigenvalue weighted by Crippen LogP contribution is -2.51. The van der Waals surface area contributed by atoms with Gasteiger partial charge in [-0.3, -0.25) is 4.79 Å². The fraction of sp³-hybridized carbons (Fsp3) is 0.462. The molecule has 0 bridgehead atoms. The van der Waals surface area contributed by atoms with E-state index in [2.05, 4.69) is 26.6 Å². The quantitative estimate of drug-likeness (QED) is 0.741. The highest BCUT2D eigenvalue weighted by atomic mass is 79.9. The predicted octanol–water partition coefficient (Wildman–Crippen LogP) is 1.86. The molecule has 1 aromatic carbocycles. The molecule has 1 saturated heterocycles. The topological polar surface area (TPSA) is 70.6 Å². The number of piperidine rings is 1. The molecule has 1 amide bonds. The summed E-state index contributed by atoms with van der Waals surface area (Å²) in [6.07, 6.45) is 1.23. The van der Waals surface area contributed by atoms with Crippen molar-refractivity contribution in [2.24, 2.45) is 0 Å². The Morgan fingerprint density at radius 1 is 1.47 bits per heavy atom. The van der Waals surface area contributed by atoms with Crippen molar-refractivity contribution in [3.05, 3.63) is 22.7 Å². The minimum absolute atomic E-state index is 0.0386. The second kappa shape index (κ2) is 5.90. The molecule has 0 atom stereocenters. The summed E-state index contributed by atoms with van der Waals surface area (Å²) < 4.78 is 6.23. The fourth-order valence-electron chi connectivity index (χ4n) is 2.20. The molecule has 0 spiro atoms. The maximum Gasteiger partial charge on any atom is 0.256 e. The molecule has 1 aliphatic rings. The van der Waals surface area contributed by atoms with Crippen LogP contribution in [0.1, 0.15) is 12.8 Å². The van der Waals surface area contributed by atoms with Crippen LogP contribution in [0.4, 0.5) is 5.69 Å². The van der Waals surface area contributed by atoms with Crippen LogP contribution in [0.3, 0.4) is 0 Å². The first kappa shape index (κ1) is 14.3. The van der Waals surface area contributed by atoms with Crippen LogP contribution in [-0.2, 0) is 9.53 Å². The van der Waals surface area contributed by atoms with Gasteiger partial charge in [-0.25, -0.2) is 0 Å². The summed E-state index contributed by atoms with van der Waals surface area (Å²) in [5.41, 5.74) is -0.436. The van der Waals surface area contributed by atoms with E-state index in [-0.39, 0.29) is 11.7 Å². The molecular weight excluding hydrogens is 312 g/mol. The van der Waals surface area contributed by atoms with Crippen molar-refractivity contribution in [2.75, 3.05) is 25.5 Å². The highest BCUT2D eigenvalue weighted by Gasteiger charge is 2.39. The smallest absolute Gasteiger partial charge is 0.256 e. The first-order valence-electron chi connectivity index (χ1n) is 6.13. The van der Waals surface area contributed by atoms with Gasteiger partial charge in [0.25, 0.3) is 5.91 Å². The summed E-state index contributed by atoms with van der Waals surface area (Å²) in [7, 11) is 1.55. The van der Waals surface area contributed by atoms with E-state index in [1.165, 1.54) is 6.07 Å². The van der Waals surface area contributed by atoms with Gasteiger partial charge in [0.05, 0.1) is 5.69 Å². The van der Waals surface area contributed by atoms with E-state index in [1.54, 1.807) is 19.2 Å². The minimum Gasteiger partial charge on any atom is -0.506 e. The van der Waals surface area contributed by atoms with Crippen molar-refractivity contribution in [2.45, 2.75) is 18.4 Å². The van der Waals surface area contributed by atoms with Gasteiger partial charge in [-0.15, -0.1) is 0 Å². The van der Waals surface area contributed by atoms with Gasteiger partial charge in [-0.05, 0) is 44.1 Å². The van der Waals surface area contributed by atoms with Crippen LogP contribution in [-0.4, -0.2) is 36.8 Å². The molecule has 0 saturated carbocycles. The van der Waals surface area contributed by atoms with E-state index >= 15 is 0 Å². The number of hydrogen-bond donors (Lipinski definition) is 3. The number of benzene rings is 1. The van der Waals surface area contributed by atoms with Crippen LogP contribution in [0.15, 0.2) is 22.7 Å². The van der Waals surface area contributed by atoms with E-state index in [9.17, 15) is 9.90 Å². The number of methoxy groups -OCH3 is 1.